The summed E-state index contributed by atoms with van der Waals surface area (Å²) in [5.41, 5.74) is 11.0. The standard InChI is InChI=1S/C15H19N3O3/c1-15(2,3)21-18-14(20)12(13(19)10-17-16)9-11-7-5-4-6-8-11/h4-8,10,12H,9H2,1-3H3,(H,18,20). The normalized spacial score (nSPS) is 12.1. The predicted octanol–water partition coefficient (Wildman–Crippen LogP) is 1.56. The van der Waals surface area contributed by atoms with E-state index in [1.54, 1.807) is 20.8 Å². The zero-order valence-electron chi connectivity index (χ0n) is 12.4. The molecule has 1 aromatic carbocycles. The monoisotopic (exact) mass is 289 g/mol. The Morgan fingerprint density at radius 1 is 1.33 bits per heavy atom. The van der Waals surface area contributed by atoms with Crippen molar-refractivity contribution in [1.29, 1.82) is 0 Å². The molecule has 0 bridgehead atoms. The van der Waals surface area contributed by atoms with Crippen LogP contribution >= 0.6 is 0 Å². The van der Waals surface area contributed by atoms with E-state index in [1.165, 1.54) is 0 Å². The first kappa shape index (κ1) is 16.8. The first-order chi connectivity index (χ1) is 9.83. The number of amides is 1. The molecule has 21 heavy (non-hydrogen) atoms. The van der Waals surface area contributed by atoms with Gasteiger partial charge in [-0.05, 0) is 32.8 Å². The molecule has 0 saturated heterocycles. The van der Waals surface area contributed by atoms with E-state index in [9.17, 15) is 9.59 Å². The van der Waals surface area contributed by atoms with E-state index >= 15 is 0 Å². The molecular formula is C15H19N3O3. The smallest absolute Gasteiger partial charge is 0.323 e. The molecule has 0 fully saturated rings. The van der Waals surface area contributed by atoms with Gasteiger partial charge in [-0.15, -0.1) is 0 Å². The molecular weight excluding hydrogens is 270 g/mol. The highest BCUT2D eigenvalue weighted by atomic mass is 16.7. The fourth-order valence-electron chi connectivity index (χ4n) is 1.59. The molecule has 1 unspecified atom stereocenters. The van der Waals surface area contributed by atoms with E-state index in [-0.39, 0.29) is 6.42 Å². The Hall–Kier alpha value is -2.30. The molecule has 0 spiro atoms. The van der Waals surface area contributed by atoms with Crippen molar-refractivity contribution < 1.29 is 19.2 Å². The quantitative estimate of drug-likeness (QED) is 0.283. The highest BCUT2D eigenvalue weighted by molar-refractivity contribution is 6.31. The number of carbonyl (C=O) groups is 2. The second-order valence-electron chi connectivity index (χ2n) is 5.57. The van der Waals surface area contributed by atoms with E-state index in [1.807, 2.05) is 30.3 Å². The lowest BCUT2D eigenvalue weighted by Gasteiger charge is -2.21. The van der Waals surface area contributed by atoms with Crippen molar-refractivity contribution in [3.8, 4) is 0 Å². The average molecular weight is 289 g/mol. The topological polar surface area (TPSA) is 91.8 Å². The first-order valence-electron chi connectivity index (χ1n) is 6.56. The van der Waals surface area contributed by atoms with Gasteiger partial charge < -0.3 is 5.53 Å². The van der Waals surface area contributed by atoms with Crippen molar-refractivity contribution in [2.75, 3.05) is 0 Å². The van der Waals surface area contributed by atoms with Crippen molar-refractivity contribution in [3.05, 3.63) is 41.4 Å². The lowest BCUT2D eigenvalue weighted by Crippen LogP contribution is -2.41. The maximum atomic E-state index is 12.1. The molecule has 112 valence electrons. The molecule has 0 aliphatic carbocycles. The van der Waals surface area contributed by atoms with E-state index in [4.69, 9.17) is 10.4 Å². The van der Waals surface area contributed by atoms with Gasteiger partial charge in [-0.25, -0.2) is 5.48 Å². The minimum Gasteiger partial charge on any atom is -0.361 e. The van der Waals surface area contributed by atoms with Crippen LogP contribution in [-0.2, 0) is 20.8 Å². The molecule has 1 N–H and O–H groups in total. The molecule has 1 aromatic rings. The number of rotatable bonds is 6. The van der Waals surface area contributed by atoms with E-state index in [0.29, 0.717) is 0 Å². The molecule has 6 heteroatoms. The summed E-state index contributed by atoms with van der Waals surface area (Å²) in [7, 11) is 0. The molecule has 0 aliphatic rings. The molecule has 1 amide bonds. The number of hydroxylamine groups is 1. The molecule has 1 rings (SSSR count). The van der Waals surface area contributed by atoms with Gasteiger partial charge in [0.25, 0.3) is 5.91 Å². The molecule has 0 aliphatic heterocycles. The predicted molar refractivity (Wildman–Crippen MR) is 77.3 cm³/mol. The summed E-state index contributed by atoms with van der Waals surface area (Å²) in [5.74, 6) is -2.17. The molecule has 0 aromatic heterocycles. The van der Waals surface area contributed by atoms with Gasteiger partial charge in [-0.2, -0.15) is 4.79 Å². The summed E-state index contributed by atoms with van der Waals surface area (Å²) in [6, 6.07) is 9.11. The van der Waals surface area contributed by atoms with E-state index < -0.39 is 23.2 Å². The largest absolute Gasteiger partial charge is 0.361 e. The van der Waals surface area contributed by atoms with Gasteiger partial charge >= 0.3 is 6.21 Å². The number of Topliss-reactive ketones (excluding diaryl/α,β-unsaturated/α-hetero) is 1. The van der Waals surface area contributed by atoms with Crippen molar-refractivity contribution in [2.45, 2.75) is 32.8 Å². The third-order valence-electron chi connectivity index (χ3n) is 2.59. The van der Waals surface area contributed by atoms with Crippen LogP contribution in [0.5, 0.6) is 0 Å². The lowest BCUT2D eigenvalue weighted by atomic mass is 9.95. The summed E-state index contributed by atoms with van der Waals surface area (Å²) in [6.45, 7) is 5.32. The number of ketones is 1. The third kappa shape index (κ3) is 6.12. The average Bonchev–Trinajstić information content (AvgIpc) is 2.43. The number of benzene rings is 1. The number of carbonyl (C=O) groups excluding carboxylic acids is 2. The van der Waals surface area contributed by atoms with Gasteiger partial charge in [0.15, 0.2) is 0 Å². The molecule has 0 heterocycles. The Labute approximate surface area is 123 Å². The first-order valence-corrected chi connectivity index (χ1v) is 6.56. The van der Waals surface area contributed by atoms with Gasteiger partial charge in [0, 0.05) is 0 Å². The van der Waals surface area contributed by atoms with Gasteiger partial charge in [0.05, 0.1) is 5.60 Å². The SMILES string of the molecule is CC(C)(C)ONC(=O)C(Cc1ccccc1)C(=O)C=[N+]=[N-]. The summed E-state index contributed by atoms with van der Waals surface area (Å²) in [4.78, 5) is 31.9. The van der Waals surface area contributed by atoms with Gasteiger partial charge in [-0.3, -0.25) is 14.4 Å². The second-order valence-corrected chi connectivity index (χ2v) is 5.57. The Bertz CT molecular complexity index is 543. The second kappa shape index (κ2) is 7.47. The van der Waals surface area contributed by atoms with Crippen LogP contribution in [0.1, 0.15) is 26.3 Å². The Morgan fingerprint density at radius 3 is 2.48 bits per heavy atom. The van der Waals surface area contributed by atoms with Crippen LogP contribution in [0.2, 0.25) is 0 Å². The van der Waals surface area contributed by atoms with Crippen LogP contribution in [0.25, 0.3) is 5.53 Å². The summed E-state index contributed by atoms with van der Waals surface area (Å²) in [6.07, 6.45) is 0.926. The van der Waals surface area contributed by atoms with Crippen LogP contribution in [0, 0.1) is 5.92 Å². The maximum Gasteiger partial charge on any atom is 0.323 e. The van der Waals surface area contributed by atoms with Gasteiger partial charge in [0.2, 0.25) is 5.78 Å². The van der Waals surface area contributed by atoms with Gasteiger partial charge in [-0.1, -0.05) is 30.3 Å². The van der Waals surface area contributed by atoms with Crippen LogP contribution in [0.3, 0.4) is 0 Å². The van der Waals surface area contributed by atoms with Crippen LogP contribution in [0.4, 0.5) is 0 Å². The zero-order chi connectivity index (χ0) is 15.9. The van der Waals surface area contributed by atoms with Crippen molar-refractivity contribution in [1.82, 2.24) is 5.48 Å². The minimum absolute atomic E-state index is 0.199. The fourth-order valence-corrected chi connectivity index (χ4v) is 1.59. The Morgan fingerprint density at radius 2 is 1.95 bits per heavy atom. The molecule has 1 atom stereocenters. The molecule has 6 nitrogen and oxygen atoms in total. The Balaban J connectivity index is 2.84. The highest BCUT2D eigenvalue weighted by Gasteiger charge is 2.29. The Kier molecular flexibility index (Phi) is 5.96. The number of nitrogens with zero attached hydrogens (tertiary/aromatic N) is 2. The number of hydrogen-bond acceptors (Lipinski definition) is 3. The number of nitrogens with one attached hydrogen (secondary N) is 1. The summed E-state index contributed by atoms with van der Waals surface area (Å²) < 4.78 is 0. The fraction of sp³-hybridized carbons (Fsp3) is 0.400. The highest BCUT2D eigenvalue weighted by Crippen LogP contribution is 2.11. The third-order valence-corrected chi connectivity index (χ3v) is 2.59. The van der Waals surface area contributed by atoms with Crippen molar-refractivity contribution in [2.24, 2.45) is 5.92 Å². The van der Waals surface area contributed by atoms with Crippen molar-refractivity contribution >= 4 is 17.9 Å². The molecule has 0 radical (unpaired) electrons. The van der Waals surface area contributed by atoms with Crippen molar-refractivity contribution in [3.63, 3.8) is 0 Å². The number of hydrogen-bond donors (Lipinski definition) is 1. The van der Waals surface area contributed by atoms with E-state index in [0.717, 1.165) is 11.8 Å². The van der Waals surface area contributed by atoms with E-state index in [2.05, 4.69) is 10.3 Å². The minimum atomic E-state index is -1.01. The summed E-state index contributed by atoms with van der Waals surface area (Å²) >= 11 is 0. The maximum absolute atomic E-state index is 12.1. The van der Waals surface area contributed by atoms with Crippen LogP contribution in [0.15, 0.2) is 30.3 Å². The lowest BCUT2D eigenvalue weighted by molar-refractivity contribution is -0.152. The van der Waals surface area contributed by atoms with Crippen LogP contribution < -0.4 is 5.48 Å². The zero-order valence-corrected chi connectivity index (χ0v) is 12.4. The van der Waals surface area contributed by atoms with Crippen LogP contribution in [-0.4, -0.2) is 28.3 Å². The van der Waals surface area contributed by atoms with Gasteiger partial charge in [0.1, 0.15) is 5.92 Å². The molecule has 0 saturated carbocycles. The summed E-state index contributed by atoms with van der Waals surface area (Å²) in [5, 5.41) is 0.